The second-order valence-corrected chi connectivity index (χ2v) is 4.99. The molecule has 0 amide bonds. The minimum Gasteiger partial charge on any atom is -0.370 e. The van der Waals surface area contributed by atoms with Gasteiger partial charge in [0.15, 0.2) is 11.1 Å². The van der Waals surface area contributed by atoms with Gasteiger partial charge in [-0.2, -0.15) is 0 Å². The molecule has 0 fully saturated rings. The van der Waals surface area contributed by atoms with Gasteiger partial charge in [-0.15, -0.1) is 23.7 Å². The van der Waals surface area contributed by atoms with E-state index in [1.54, 1.807) is 6.20 Å². The van der Waals surface area contributed by atoms with Gasteiger partial charge < -0.3 is 11.1 Å². The van der Waals surface area contributed by atoms with E-state index >= 15 is 0 Å². The zero-order valence-electron chi connectivity index (χ0n) is 10.9. The van der Waals surface area contributed by atoms with Gasteiger partial charge in [0.05, 0.1) is 6.54 Å². The zero-order chi connectivity index (χ0) is 13.0. The Bertz CT molecular complexity index is 552. The Morgan fingerprint density at radius 2 is 2.21 bits per heavy atom. The quantitative estimate of drug-likeness (QED) is 0.676. The van der Waals surface area contributed by atoms with Crippen molar-refractivity contribution in [1.29, 1.82) is 0 Å². The Balaban J connectivity index is 0.00000180. The van der Waals surface area contributed by atoms with Gasteiger partial charge in [0.2, 0.25) is 0 Å². The molecule has 0 unspecified atom stereocenters. The fourth-order valence-electron chi connectivity index (χ4n) is 1.58. The summed E-state index contributed by atoms with van der Waals surface area (Å²) in [6, 6.07) is 6.33. The molecule has 2 rings (SSSR count). The molecule has 0 bridgehead atoms. The van der Waals surface area contributed by atoms with E-state index in [0.29, 0.717) is 12.5 Å². The molecule has 1 aromatic carbocycles. The number of aliphatic imine (C=N–C) groups is 1. The highest BCUT2D eigenvalue weighted by Crippen LogP contribution is 2.12. The predicted molar refractivity (Wildman–Crippen MR) is 84.2 cm³/mol. The largest absolute Gasteiger partial charge is 0.370 e. The van der Waals surface area contributed by atoms with Gasteiger partial charge in [-0.25, -0.2) is 9.98 Å². The normalized spacial score (nSPS) is 10.9. The van der Waals surface area contributed by atoms with E-state index in [1.165, 1.54) is 28.0 Å². The van der Waals surface area contributed by atoms with Crippen LogP contribution in [0, 0.1) is 13.8 Å². The first-order chi connectivity index (χ1) is 8.65. The van der Waals surface area contributed by atoms with Crippen LogP contribution in [0.4, 0.5) is 5.13 Å². The van der Waals surface area contributed by atoms with Crippen molar-refractivity contribution in [2.45, 2.75) is 20.4 Å². The summed E-state index contributed by atoms with van der Waals surface area (Å²) in [7, 11) is 0. The maximum absolute atomic E-state index is 5.81. The van der Waals surface area contributed by atoms with Gasteiger partial charge in [-0.3, -0.25) is 0 Å². The third-order valence-corrected chi connectivity index (χ3v) is 3.28. The monoisotopic (exact) mass is 296 g/mol. The van der Waals surface area contributed by atoms with Gasteiger partial charge in [0, 0.05) is 11.6 Å². The molecule has 4 nitrogen and oxygen atoms in total. The fraction of sp³-hybridized carbons (Fsp3) is 0.231. The maximum Gasteiger partial charge on any atom is 0.195 e. The minimum atomic E-state index is 0. The van der Waals surface area contributed by atoms with Gasteiger partial charge in [-0.1, -0.05) is 23.8 Å². The SMILES string of the molecule is Cc1ccc(C)c(CN=C(N)Nc2nccs2)c1.Cl. The third kappa shape index (κ3) is 4.54. The average molecular weight is 297 g/mol. The lowest BCUT2D eigenvalue weighted by Gasteiger charge is -2.05. The topological polar surface area (TPSA) is 63.3 Å². The van der Waals surface area contributed by atoms with Gasteiger partial charge in [0.25, 0.3) is 0 Å². The second kappa shape index (κ2) is 7.11. The minimum absolute atomic E-state index is 0. The van der Waals surface area contributed by atoms with Crippen LogP contribution in [0.5, 0.6) is 0 Å². The van der Waals surface area contributed by atoms with Crippen molar-refractivity contribution in [3.05, 3.63) is 46.5 Å². The van der Waals surface area contributed by atoms with Crippen LogP contribution in [0.3, 0.4) is 0 Å². The molecule has 6 heteroatoms. The summed E-state index contributed by atoms with van der Waals surface area (Å²) < 4.78 is 0. The Morgan fingerprint density at radius 1 is 1.42 bits per heavy atom. The fourth-order valence-corrected chi connectivity index (χ4v) is 2.11. The van der Waals surface area contributed by atoms with E-state index in [4.69, 9.17) is 5.73 Å². The van der Waals surface area contributed by atoms with Crippen LogP contribution in [0.2, 0.25) is 0 Å². The molecule has 3 N–H and O–H groups in total. The molecule has 0 aliphatic carbocycles. The van der Waals surface area contributed by atoms with Crippen molar-refractivity contribution >= 4 is 34.8 Å². The molecule has 19 heavy (non-hydrogen) atoms. The van der Waals surface area contributed by atoms with E-state index in [0.717, 1.165) is 5.13 Å². The number of hydrogen-bond acceptors (Lipinski definition) is 3. The van der Waals surface area contributed by atoms with E-state index in [1.807, 2.05) is 5.38 Å². The molecule has 0 atom stereocenters. The Kier molecular flexibility index (Phi) is 5.79. The third-order valence-electron chi connectivity index (χ3n) is 2.59. The number of rotatable bonds is 3. The van der Waals surface area contributed by atoms with Crippen molar-refractivity contribution in [2.75, 3.05) is 5.32 Å². The number of aromatic nitrogens is 1. The van der Waals surface area contributed by atoms with E-state index in [-0.39, 0.29) is 12.4 Å². The second-order valence-electron chi connectivity index (χ2n) is 4.09. The Morgan fingerprint density at radius 3 is 2.89 bits per heavy atom. The molecule has 2 aromatic rings. The van der Waals surface area contributed by atoms with Gasteiger partial charge in [0.1, 0.15) is 0 Å². The van der Waals surface area contributed by atoms with Gasteiger partial charge in [-0.05, 0) is 25.0 Å². The number of nitrogens with two attached hydrogens (primary N) is 1. The first kappa shape index (κ1) is 15.5. The van der Waals surface area contributed by atoms with Crippen LogP contribution in [0.15, 0.2) is 34.8 Å². The highest BCUT2D eigenvalue weighted by Gasteiger charge is 2.00. The summed E-state index contributed by atoms with van der Waals surface area (Å²) in [4.78, 5) is 8.41. The lowest BCUT2D eigenvalue weighted by atomic mass is 10.1. The summed E-state index contributed by atoms with van der Waals surface area (Å²) in [5.41, 5.74) is 9.46. The molecule has 1 heterocycles. The van der Waals surface area contributed by atoms with Gasteiger partial charge >= 0.3 is 0 Å². The number of benzene rings is 1. The summed E-state index contributed by atoms with van der Waals surface area (Å²) >= 11 is 1.50. The first-order valence-corrected chi connectivity index (χ1v) is 6.55. The van der Waals surface area contributed by atoms with Crippen molar-refractivity contribution in [1.82, 2.24) is 4.98 Å². The lowest BCUT2D eigenvalue weighted by molar-refractivity contribution is 1.03. The average Bonchev–Trinajstić information content (AvgIpc) is 2.83. The summed E-state index contributed by atoms with van der Waals surface area (Å²) in [5.74, 6) is 0.394. The number of halogens is 1. The molecule has 0 aliphatic rings. The lowest BCUT2D eigenvalue weighted by Crippen LogP contribution is -2.22. The van der Waals surface area contributed by atoms with Crippen molar-refractivity contribution in [3.8, 4) is 0 Å². The van der Waals surface area contributed by atoms with Crippen LogP contribution in [0.25, 0.3) is 0 Å². The van der Waals surface area contributed by atoms with Crippen molar-refractivity contribution < 1.29 is 0 Å². The van der Waals surface area contributed by atoms with E-state index in [9.17, 15) is 0 Å². The molecule has 0 aliphatic heterocycles. The number of thiazole rings is 1. The predicted octanol–water partition coefficient (Wildman–Crippen LogP) is 3.11. The molecule has 1 aromatic heterocycles. The van der Waals surface area contributed by atoms with Crippen LogP contribution in [0.1, 0.15) is 16.7 Å². The van der Waals surface area contributed by atoms with Crippen LogP contribution < -0.4 is 11.1 Å². The van der Waals surface area contributed by atoms with Crippen LogP contribution in [-0.4, -0.2) is 10.9 Å². The van der Waals surface area contributed by atoms with Crippen molar-refractivity contribution in [2.24, 2.45) is 10.7 Å². The molecule has 0 saturated heterocycles. The molecule has 102 valence electrons. The molecular weight excluding hydrogens is 280 g/mol. The Hall–Kier alpha value is -1.59. The maximum atomic E-state index is 5.81. The summed E-state index contributed by atoms with van der Waals surface area (Å²) in [6.07, 6.45) is 1.73. The number of guanidine groups is 1. The number of aryl methyl sites for hydroxylation is 2. The highest BCUT2D eigenvalue weighted by molar-refractivity contribution is 7.13. The number of hydrogen-bond donors (Lipinski definition) is 2. The zero-order valence-corrected chi connectivity index (χ0v) is 12.5. The van der Waals surface area contributed by atoms with Crippen LogP contribution in [-0.2, 0) is 6.54 Å². The summed E-state index contributed by atoms with van der Waals surface area (Å²) in [6.45, 7) is 4.73. The number of nitrogens with one attached hydrogen (secondary N) is 1. The van der Waals surface area contributed by atoms with Crippen molar-refractivity contribution in [3.63, 3.8) is 0 Å². The molecule has 0 spiro atoms. The smallest absolute Gasteiger partial charge is 0.195 e. The number of anilines is 1. The van der Waals surface area contributed by atoms with E-state index < -0.39 is 0 Å². The number of nitrogens with zero attached hydrogens (tertiary/aromatic N) is 2. The Labute approximate surface area is 123 Å². The van der Waals surface area contributed by atoms with E-state index in [2.05, 4.69) is 47.3 Å². The first-order valence-electron chi connectivity index (χ1n) is 5.68. The highest BCUT2D eigenvalue weighted by atomic mass is 35.5. The van der Waals surface area contributed by atoms with Crippen LogP contribution >= 0.6 is 23.7 Å². The molecule has 0 saturated carbocycles. The summed E-state index contributed by atoms with van der Waals surface area (Å²) in [5, 5.41) is 5.61. The standard InChI is InChI=1S/C13H16N4S.ClH/c1-9-3-4-10(2)11(7-9)8-16-12(14)17-13-15-5-6-18-13;/h3-7H,8H2,1-2H3,(H3,14,15,16,17);1H. The molecular formula is C13H17ClN4S. The molecule has 0 radical (unpaired) electrons.